The Bertz CT molecular complexity index is 512. The van der Waals surface area contributed by atoms with Crippen LogP contribution in [-0.4, -0.2) is 11.5 Å². The number of benzene rings is 1. The van der Waals surface area contributed by atoms with E-state index in [0.29, 0.717) is 12.5 Å². The normalized spacial score (nSPS) is 11.2. The monoisotopic (exact) mass is 260 g/mol. The molecule has 1 aromatic carbocycles. The molecule has 0 radical (unpaired) electrons. The molecule has 0 aliphatic heterocycles. The fraction of sp³-hybridized carbons (Fsp3) is 0.400. The summed E-state index contributed by atoms with van der Waals surface area (Å²) in [5.74, 6) is 0.575. The van der Waals surface area contributed by atoms with Crippen molar-refractivity contribution in [3.05, 3.63) is 40.5 Å². The molecule has 0 aliphatic carbocycles. The molecule has 0 fully saturated rings. The Labute approximate surface area is 113 Å². The van der Waals surface area contributed by atoms with Crippen LogP contribution < -0.4 is 5.73 Å². The highest BCUT2D eigenvalue weighted by Gasteiger charge is 2.10. The zero-order valence-electron chi connectivity index (χ0n) is 11.2. The molecular weight excluding hydrogens is 240 g/mol. The van der Waals surface area contributed by atoms with E-state index in [1.807, 2.05) is 0 Å². The fourth-order valence-electron chi connectivity index (χ4n) is 2.02. The molecule has 0 spiro atoms. The van der Waals surface area contributed by atoms with Crippen molar-refractivity contribution < 1.29 is 0 Å². The predicted molar refractivity (Wildman–Crippen MR) is 79.1 cm³/mol. The van der Waals surface area contributed by atoms with E-state index in [2.05, 4.69) is 50.0 Å². The minimum atomic E-state index is 0.575. The molecule has 0 unspecified atom stereocenters. The first-order valence-electron chi connectivity index (χ1n) is 6.38. The third kappa shape index (κ3) is 2.79. The van der Waals surface area contributed by atoms with Gasteiger partial charge in [0.1, 0.15) is 0 Å². The zero-order chi connectivity index (χ0) is 13.1. The number of hydrogen-bond donors (Lipinski definition) is 1. The van der Waals surface area contributed by atoms with E-state index in [0.717, 1.165) is 17.1 Å². The van der Waals surface area contributed by atoms with Crippen LogP contribution in [0.15, 0.2) is 24.3 Å². The van der Waals surface area contributed by atoms with Crippen molar-refractivity contribution in [2.24, 2.45) is 5.73 Å². The van der Waals surface area contributed by atoms with Crippen molar-refractivity contribution in [1.82, 2.24) is 4.98 Å². The summed E-state index contributed by atoms with van der Waals surface area (Å²) < 4.78 is 0. The first-order chi connectivity index (χ1) is 8.61. The molecule has 0 bridgehead atoms. The van der Waals surface area contributed by atoms with Gasteiger partial charge in [-0.05, 0) is 30.5 Å². The van der Waals surface area contributed by atoms with Gasteiger partial charge in [0.05, 0.1) is 15.6 Å². The molecule has 0 amide bonds. The quantitative estimate of drug-likeness (QED) is 0.909. The van der Waals surface area contributed by atoms with Crippen LogP contribution in [0.3, 0.4) is 0 Å². The van der Waals surface area contributed by atoms with Crippen LogP contribution in [0.1, 0.15) is 36.0 Å². The molecule has 96 valence electrons. The lowest BCUT2D eigenvalue weighted by molar-refractivity contribution is 0.867. The Morgan fingerprint density at radius 3 is 2.44 bits per heavy atom. The Kier molecular flexibility index (Phi) is 4.15. The van der Waals surface area contributed by atoms with Gasteiger partial charge in [0.25, 0.3) is 0 Å². The van der Waals surface area contributed by atoms with Crippen LogP contribution in [0.5, 0.6) is 0 Å². The highest BCUT2D eigenvalue weighted by atomic mass is 32.1. The summed E-state index contributed by atoms with van der Waals surface area (Å²) >= 11 is 1.75. The maximum atomic E-state index is 5.65. The molecule has 3 heteroatoms. The molecule has 2 rings (SSSR count). The van der Waals surface area contributed by atoms with E-state index in [-0.39, 0.29) is 0 Å². The van der Waals surface area contributed by atoms with Crippen LogP contribution >= 0.6 is 11.3 Å². The smallest absolute Gasteiger partial charge is 0.0903 e. The average Bonchev–Trinajstić information content (AvgIpc) is 2.71. The summed E-state index contributed by atoms with van der Waals surface area (Å²) in [7, 11) is 0. The van der Waals surface area contributed by atoms with Crippen molar-refractivity contribution in [3.63, 3.8) is 0 Å². The van der Waals surface area contributed by atoms with Gasteiger partial charge < -0.3 is 5.73 Å². The van der Waals surface area contributed by atoms with Gasteiger partial charge in [-0.3, -0.25) is 0 Å². The van der Waals surface area contributed by atoms with E-state index in [4.69, 9.17) is 5.73 Å². The molecule has 2 aromatic rings. The van der Waals surface area contributed by atoms with E-state index < -0.39 is 0 Å². The van der Waals surface area contributed by atoms with Gasteiger partial charge in [-0.25, -0.2) is 4.98 Å². The number of aromatic nitrogens is 1. The van der Waals surface area contributed by atoms with Crippen LogP contribution in [0.4, 0.5) is 0 Å². The molecule has 0 atom stereocenters. The second-order valence-corrected chi connectivity index (χ2v) is 6.03. The summed E-state index contributed by atoms with van der Waals surface area (Å²) in [5.41, 5.74) is 9.41. The summed E-state index contributed by atoms with van der Waals surface area (Å²) in [6, 6.07) is 8.81. The molecule has 0 saturated heterocycles. The van der Waals surface area contributed by atoms with E-state index in [9.17, 15) is 0 Å². The molecular formula is C15H20N2S. The number of hydrogen-bond acceptors (Lipinski definition) is 3. The standard InChI is InChI=1S/C15H20N2S/c1-10(2)12-4-6-13(7-5-12)15-14(8-9-16)17-11(3)18-15/h4-7,10H,8-9,16H2,1-3H3. The molecule has 0 saturated carbocycles. The van der Waals surface area contributed by atoms with Gasteiger partial charge in [0.15, 0.2) is 0 Å². The predicted octanol–water partition coefficient (Wildman–Crippen LogP) is 3.74. The molecule has 2 nitrogen and oxygen atoms in total. The highest BCUT2D eigenvalue weighted by molar-refractivity contribution is 7.15. The number of nitrogens with zero attached hydrogens (tertiary/aromatic N) is 1. The van der Waals surface area contributed by atoms with Crippen molar-refractivity contribution in [3.8, 4) is 10.4 Å². The summed E-state index contributed by atoms with van der Waals surface area (Å²) in [4.78, 5) is 5.84. The van der Waals surface area contributed by atoms with Crippen molar-refractivity contribution in [1.29, 1.82) is 0 Å². The fourth-order valence-corrected chi connectivity index (χ4v) is 2.99. The highest BCUT2D eigenvalue weighted by Crippen LogP contribution is 2.31. The number of thiazole rings is 1. The Hall–Kier alpha value is -1.19. The first kappa shape index (κ1) is 13.2. The second-order valence-electron chi connectivity index (χ2n) is 4.82. The van der Waals surface area contributed by atoms with Crippen molar-refractivity contribution in [2.75, 3.05) is 6.54 Å². The van der Waals surface area contributed by atoms with Gasteiger partial charge >= 0.3 is 0 Å². The van der Waals surface area contributed by atoms with Gasteiger partial charge in [0, 0.05) is 6.42 Å². The minimum absolute atomic E-state index is 0.575. The van der Waals surface area contributed by atoms with E-state index in [1.54, 1.807) is 11.3 Å². The third-order valence-electron chi connectivity index (χ3n) is 3.02. The van der Waals surface area contributed by atoms with Crippen LogP contribution in [0.2, 0.25) is 0 Å². The van der Waals surface area contributed by atoms with Crippen LogP contribution in [0.25, 0.3) is 10.4 Å². The minimum Gasteiger partial charge on any atom is -0.330 e. The Morgan fingerprint density at radius 1 is 1.22 bits per heavy atom. The van der Waals surface area contributed by atoms with E-state index >= 15 is 0 Å². The molecule has 18 heavy (non-hydrogen) atoms. The molecule has 1 aromatic heterocycles. The average molecular weight is 260 g/mol. The number of nitrogens with two attached hydrogens (primary N) is 1. The van der Waals surface area contributed by atoms with Gasteiger partial charge in [0.2, 0.25) is 0 Å². The Balaban J connectivity index is 2.35. The van der Waals surface area contributed by atoms with Crippen molar-refractivity contribution in [2.45, 2.75) is 33.1 Å². The third-order valence-corrected chi connectivity index (χ3v) is 4.09. The Morgan fingerprint density at radius 2 is 1.89 bits per heavy atom. The maximum absolute atomic E-state index is 5.65. The van der Waals surface area contributed by atoms with Gasteiger partial charge in [-0.15, -0.1) is 11.3 Å². The molecule has 1 heterocycles. The lowest BCUT2D eigenvalue weighted by Gasteiger charge is -2.06. The summed E-state index contributed by atoms with van der Waals surface area (Å²) in [6.07, 6.45) is 0.853. The second kappa shape index (κ2) is 5.63. The summed E-state index contributed by atoms with van der Waals surface area (Å²) in [5, 5.41) is 1.11. The molecule has 2 N–H and O–H groups in total. The van der Waals surface area contributed by atoms with Gasteiger partial charge in [-0.2, -0.15) is 0 Å². The lowest BCUT2D eigenvalue weighted by Crippen LogP contribution is -2.03. The molecule has 0 aliphatic rings. The van der Waals surface area contributed by atoms with Gasteiger partial charge in [-0.1, -0.05) is 38.1 Å². The topological polar surface area (TPSA) is 38.9 Å². The number of rotatable bonds is 4. The zero-order valence-corrected chi connectivity index (χ0v) is 12.1. The number of aryl methyl sites for hydroxylation is 1. The lowest BCUT2D eigenvalue weighted by atomic mass is 10.0. The van der Waals surface area contributed by atoms with E-state index in [1.165, 1.54) is 16.0 Å². The van der Waals surface area contributed by atoms with Crippen molar-refractivity contribution >= 4 is 11.3 Å². The first-order valence-corrected chi connectivity index (χ1v) is 7.20. The largest absolute Gasteiger partial charge is 0.330 e. The van der Waals surface area contributed by atoms with Crippen LogP contribution in [0, 0.1) is 6.92 Å². The SMILES string of the molecule is Cc1nc(CCN)c(-c2ccc(C(C)C)cc2)s1. The summed E-state index contributed by atoms with van der Waals surface area (Å²) in [6.45, 7) is 7.13. The van der Waals surface area contributed by atoms with Crippen LogP contribution in [-0.2, 0) is 6.42 Å². The maximum Gasteiger partial charge on any atom is 0.0903 e.